The van der Waals surface area contributed by atoms with Gasteiger partial charge in [-0.3, -0.25) is 4.79 Å². The lowest BCUT2D eigenvalue weighted by molar-refractivity contribution is -0.114. The zero-order chi connectivity index (χ0) is 17.5. The number of hydrogen-bond acceptors (Lipinski definition) is 5. The Labute approximate surface area is 146 Å². The Balaban J connectivity index is 2.08. The smallest absolute Gasteiger partial charge is 0.341 e. The molecular formula is C18H22N2O3S. The average molecular weight is 346 g/mol. The van der Waals surface area contributed by atoms with Gasteiger partial charge in [-0.2, -0.15) is 0 Å². The molecular weight excluding hydrogens is 324 g/mol. The van der Waals surface area contributed by atoms with Gasteiger partial charge in [-0.05, 0) is 31.5 Å². The van der Waals surface area contributed by atoms with E-state index in [0.717, 1.165) is 17.0 Å². The number of nitrogens with zero attached hydrogens (tertiary/aromatic N) is 1. The number of amides is 1. The number of carbonyl (C=O) groups is 2. The molecule has 2 aromatic rings. The number of thiophene rings is 1. The number of esters is 1. The highest BCUT2D eigenvalue weighted by molar-refractivity contribution is 7.16. The second-order valence-corrected chi connectivity index (χ2v) is 6.41. The molecule has 0 fully saturated rings. The first kappa shape index (κ1) is 18.0. The molecule has 1 amide bonds. The molecule has 24 heavy (non-hydrogen) atoms. The topological polar surface area (TPSA) is 58.6 Å². The predicted molar refractivity (Wildman–Crippen MR) is 98.0 cm³/mol. The van der Waals surface area contributed by atoms with Crippen LogP contribution in [0, 0.1) is 0 Å². The van der Waals surface area contributed by atoms with Crippen LogP contribution in [0.4, 0.5) is 10.7 Å². The van der Waals surface area contributed by atoms with E-state index in [0.29, 0.717) is 17.2 Å². The lowest BCUT2D eigenvalue weighted by Gasteiger charge is -2.18. The highest BCUT2D eigenvalue weighted by Crippen LogP contribution is 2.29. The van der Waals surface area contributed by atoms with Crippen molar-refractivity contribution in [2.75, 3.05) is 30.4 Å². The van der Waals surface area contributed by atoms with Crippen molar-refractivity contribution in [1.29, 1.82) is 0 Å². The van der Waals surface area contributed by atoms with Crippen LogP contribution in [0.2, 0.25) is 0 Å². The zero-order valence-corrected chi connectivity index (χ0v) is 15.0. The summed E-state index contributed by atoms with van der Waals surface area (Å²) in [5.74, 6) is -0.573. The Morgan fingerprint density at radius 1 is 1.21 bits per heavy atom. The predicted octanol–water partition coefficient (Wildman–Crippen LogP) is 3.56. The van der Waals surface area contributed by atoms with Crippen molar-refractivity contribution in [3.63, 3.8) is 0 Å². The molecule has 1 N–H and O–H groups in total. The van der Waals surface area contributed by atoms with E-state index in [1.807, 2.05) is 49.2 Å². The molecule has 0 saturated carbocycles. The SMILES string of the molecule is CCOC(=O)c1cc(CC)sc1NC(=O)CN(C)c1ccccc1. The van der Waals surface area contributed by atoms with Crippen LogP contribution < -0.4 is 10.2 Å². The van der Waals surface area contributed by atoms with Crippen molar-refractivity contribution in [2.24, 2.45) is 0 Å². The Bertz CT molecular complexity index is 698. The van der Waals surface area contributed by atoms with Crippen molar-refractivity contribution in [3.8, 4) is 0 Å². The van der Waals surface area contributed by atoms with E-state index in [1.165, 1.54) is 11.3 Å². The minimum absolute atomic E-state index is 0.170. The molecule has 1 aromatic carbocycles. The number of anilines is 2. The molecule has 0 aliphatic heterocycles. The number of rotatable bonds is 7. The summed E-state index contributed by atoms with van der Waals surface area (Å²) >= 11 is 1.41. The van der Waals surface area contributed by atoms with E-state index in [2.05, 4.69) is 5.32 Å². The van der Waals surface area contributed by atoms with Gasteiger partial charge in [0.05, 0.1) is 18.7 Å². The Morgan fingerprint density at radius 2 is 1.92 bits per heavy atom. The number of nitrogens with one attached hydrogen (secondary N) is 1. The van der Waals surface area contributed by atoms with Gasteiger partial charge in [0.1, 0.15) is 5.00 Å². The number of hydrogen-bond donors (Lipinski definition) is 1. The van der Waals surface area contributed by atoms with Crippen molar-refractivity contribution in [2.45, 2.75) is 20.3 Å². The largest absolute Gasteiger partial charge is 0.462 e. The van der Waals surface area contributed by atoms with Gasteiger partial charge in [0.2, 0.25) is 5.91 Å². The summed E-state index contributed by atoms with van der Waals surface area (Å²) < 4.78 is 5.06. The van der Waals surface area contributed by atoms with Crippen LogP contribution in [-0.4, -0.2) is 32.1 Å². The highest BCUT2D eigenvalue weighted by Gasteiger charge is 2.19. The molecule has 1 aromatic heterocycles. The fraction of sp³-hybridized carbons (Fsp3) is 0.333. The molecule has 0 spiro atoms. The minimum Gasteiger partial charge on any atom is -0.462 e. The Kier molecular flexibility index (Phi) is 6.37. The van der Waals surface area contributed by atoms with E-state index in [1.54, 1.807) is 13.0 Å². The van der Waals surface area contributed by atoms with E-state index in [-0.39, 0.29) is 12.5 Å². The molecule has 128 valence electrons. The lowest BCUT2D eigenvalue weighted by Crippen LogP contribution is -2.30. The summed E-state index contributed by atoms with van der Waals surface area (Å²) in [6.07, 6.45) is 0.802. The first-order valence-electron chi connectivity index (χ1n) is 7.91. The molecule has 0 bridgehead atoms. The summed E-state index contributed by atoms with van der Waals surface area (Å²) in [5, 5.41) is 3.39. The molecule has 0 aliphatic carbocycles. The molecule has 2 rings (SSSR count). The van der Waals surface area contributed by atoms with Gasteiger partial charge in [-0.25, -0.2) is 4.79 Å². The number of aryl methyl sites for hydroxylation is 1. The Morgan fingerprint density at radius 3 is 2.54 bits per heavy atom. The standard InChI is InChI=1S/C18H22N2O3S/c1-4-14-11-15(18(22)23-5-2)17(24-14)19-16(21)12-20(3)13-9-7-6-8-10-13/h6-11H,4-5,12H2,1-3H3,(H,19,21). The van der Waals surface area contributed by atoms with E-state index < -0.39 is 5.97 Å². The third kappa shape index (κ3) is 4.58. The van der Waals surface area contributed by atoms with E-state index >= 15 is 0 Å². The summed E-state index contributed by atoms with van der Waals surface area (Å²) in [4.78, 5) is 27.3. The Hall–Kier alpha value is -2.34. The fourth-order valence-corrected chi connectivity index (χ4v) is 3.23. The van der Waals surface area contributed by atoms with Crippen LogP contribution in [0.25, 0.3) is 0 Å². The summed E-state index contributed by atoms with van der Waals surface area (Å²) in [6.45, 7) is 4.28. The van der Waals surface area contributed by atoms with Gasteiger partial charge >= 0.3 is 5.97 Å². The second kappa shape index (κ2) is 8.49. The van der Waals surface area contributed by atoms with Crippen molar-refractivity contribution < 1.29 is 14.3 Å². The molecule has 0 unspecified atom stereocenters. The van der Waals surface area contributed by atoms with Crippen LogP contribution in [0.5, 0.6) is 0 Å². The maximum absolute atomic E-state index is 12.3. The van der Waals surface area contributed by atoms with Crippen molar-refractivity contribution >= 4 is 33.9 Å². The van der Waals surface area contributed by atoms with Crippen molar-refractivity contribution in [3.05, 3.63) is 46.8 Å². The first-order valence-corrected chi connectivity index (χ1v) is 8.72. The van der Waals surface area contributed by atoms with Gasteiger partial charge in [0.25, 0.3) is 0 Å². The average Bonchev–Trinajstić information content (AvgIpc) is 2.98. The molecule has 0 radical (unpaired) electrons. The lowest BCUT2D eigenvalue weighted by atomic mass is 10.2. The molecule has 0 aliphatic rings. The van der Waals surface area contributed by atoms with E-state index in [9.17, 15) is 9.59 Å². The number of para-hydroxylation sites is 1. The molecule has 0 atom stereocenters. The first-order chi connectivity index (χ1) is 11.5. The van der Waals surface area contributed by atoms with Gasteiger partial charge in [0.15, 0.2) is 0 Å². The quantitative estimate of drug-likeness (QED) is 0.779. The highest BCUT2D eigenvalue weighted by atomic mass is 32.1. The molecule has 6 heteroatoms. The van der Waals surface area contributed by atoms with Crippen LogP contribution in [0.15, 0.2) is 36.4 Å². The third-order valence-corrected chi connectivity index (χ3v) is 4.65. The zero-order valence-electron chi connectivity index (χ0n) is 14.2. The van der Waals surface area contributed by atoms with E-state index in [4.69, 9.17) is 4.74 Å². The van der Waals surface area contributed by atoms with Gasteiger partial charge < -0.3 is 15.0 Å². The minimum atomic E-state index is -0.403. The van der Waals surface area contributed by atoms with Gasteiger partial charge in [-0.15, -0.1) is 11.3 Å². The van der Waals surface area contributed by atoms with Gasteiger partial charge in [0, 0.05) is 17.6 Å². The number of carbonyl (C=O) groups excluding carboxylic acids is 2. The molecule has 1 heterocycles. The van der Waals surface area contributed by atoms with Crippen molar-refractivity contribution in [1.82, 2.24) is 0 Å². The van der Waals surface area contributed by atoms with Gasteiger partial charge in [-0.1, -0.05) is 25.1 Å². The monoisotopic (exact) mass is 346 g/mol. The number of benzene rings is 1. The van der Waals surface area contributed by atoms with Crippen LogP contribution in [0.1, 0.15) is 29.1 Å². The maximum Gasteiger partial charge on any atom is 0.341 e. The third-order valence-electron chi connectivity index (χ3n) is 3.46. The van der Waals surface area contributed by atoms with Crippen LogP contribution in [-0.2, 0) is 16.0 Å². The number of likely N-dealkylation sites (N-methyl/N-ethyl adjacent to an activating group) is 1. The summed E-state index contributed by atoms with van der Waals surface area (Å²) in [6, 6.07) is 11.5. The second-order valence-electron chi connectivity index (χ2n) is 5.27. The maximum atomic E-state index is 12.3. The molecule has 5 nitrogen and oxygen atoms in total. The van der Waals surface area contributed by atoms with Crippen LogP contribution in [0.3, 0.4) is 0 Å². The summed E-state index contributed by atoms with van der Waals surface area (Å²) in [7, 11) is 1.85. The number of ether oxygens (including phenoxy) is 1. The fourth-order valence-electron chi connectivity index (χ4n) is 2.22. The normalized spacial score (nSPS) is 10.3. The molecule has 0 saturated heterocycles. The van der Waals surface area contributed by atoms with Crippen LogP contribution >= 0.6 is 11.3 Å². The summed E-state index contributed by atoms with van der Waals surface area (Å²) in [5.41, 5.74) is 1.38.